The first-order chi connectivity index (χ1) is 8.07. The van der Waals surface area contributed by atoms with Crippen LogP contribution in [0.5, 0.6) is 0 Å². The van der Waals surface area contributed by atoms with Crippen LogP contribution < -0.4 is 0 Å². The van der Waals surface area contributed by atoms with Gasteiger partial charge in [-0.1, -0.05) is 0 Å². The van der Waals surface area contributed by atoms with Gasteiger partial charge in [0.2, 0.25) is 0 Å². The average Bonchev–Trinajstić information content (AvgIpc) is 2.28. The minimum absolute atomic E-state index is 2.47. The van der Waals surface area contributed by atoms with Gasteiger partial charge < -0.3 is 4.74 Å². The van der Waals surface area contributed by atoms with E-state index in [2.05, 4.69) is 4.74 Å². The van der Waals surface area contributed by atoms with Crippen molar-refractivity contribution in [2.45, 2.75) is 18.5 Å². The first-order valence-corrected chi connectivity index (χ1v) is 4.10. The fraction of sp³-hybridized carbons (Fsp3) is 0.375. The third kappa shape index (κ3) is 2.46. The average molecular weight is 282 g/mol. The molecular formula is C8H2F8O2. The van der Waals surface area contributed by atoms with Crippen molar-refractivity contribution in [3.63, 3.8) is 0 Å². The summed E-state index contributed by atoms with van der Waals surface area (Å²) in [5.74, 6) is -13.1. The predicted molar refractivity (Wildman–Crippen MR) is 39.3 cm³/mol. The molecule has 0 spiro atoms. The predicted octanol–water partition coefficient (Wildman–Crippen LogP) is 3.11. The van der Waals surface area contributed by atoms with Gasteiger partial charge in [-0.05, 0) is 0 Å². The number of rotatable bonds is 1. The number of carbonyl (C=O) groups is 1. The van der Waals surface area contributed by atoms with Crippen LogP contribution in [0.1, 0.15) is 0 Å². The molecule has 1 aliphatic rings. The van der Waals surface area contributed by atoms with Gasteiger partial charge in [0.05, 0.1) is 0 Å². The van der Waals surface area contributed by atoms with Crippen molar-refractivity contribution in [2.75, 3.05) is 0 Å². The largest absolute Gasteiger partial charge is 0.490 e. The van der Waals surface area contributed by atoms with Gasteiger partial charge in [-0.3, -0.25) is 0 Å². The van der Waals surface area contributed by atoms with Crippen molar-refractivity contribution in [1.82, 2.24) is 0 Å². The number of esters is 1. The number of allylic oxidation sites excluding steroid dienone is 2. The smallest absolute Gasteiger partial charge is 0.445 e. The first-order valence-electron chi connectivity index (χ1n) is 4.10. The standard InChI is InChI=1S/C8H2F8O2/c9-1-2(10)4(12)6(5(13)3(1)11)18-7(17)8(14,15)16/h4,6H. The number of alkyl halides is 4. The Balaban J connectivity index is 3.03. The summed E-state index contributed by atoms with van der Waals surface area (Å²) in [6, 6.07) is 0. The molecule has 2 atom stereocenters. The van der Waals surface area contributed by atoms with Gasteiger partial charge >= 0.3 is 12.1 Å². The van der Waals surface area contributed by atoms with E-state index >= 15 is 0 Å². The highest BCUT2D eigenvalue weighted by atomic mass is 19.4. The SMILES string of the molecule is O=C(OC1C(F)=C(F)C(F)=C(F)C1F)C(F)(F)F. The van der Waals surface area contributed by atoms with Crippen molar-refractivity contribution in [3.05, 3.63) is 23.3 Å². The van der Waals surface area contributed by atoms with Crippen LogP contribution in [0, 0.1) is 0 Å². The Hall–Kier alpha value is -1.61. The molecule has 0 aromatic carbocycles. The van der Waals surface area contributed by atoms with Crippen LogP contribution in [0.25, 0.3) is 0 Å². The number of hydrogen-bond acceptors (Lipinski definition) is 2. The van der Waals surface area contributed by atoms with Crippen molar-refractivity contribution < 1.29 is 44.7 Å². The molecule has 0 saturated heterocycles. The summed E-state index contributed by atoms with van der Waals surface area (Å²) in [4.78, 5) is 10.3. The summed E-state index contributed by atoms with van der Waals surface area (Å²) in [7, 11) is 0. The van der Waals surface area contributed by atoms with Gasteiger partial charge in [0.15, 0.2) is 35.6 Å². The molecule has 0 fully saturated rings. The lowest BCUT2D eigenvalue weighted by molar-refractivity contribution is -0.206. The fourth-order valence-electron chi connectivity index (χ4n) is 1.01. The van der Waals surface area contributed by atoms with Crippen LogP contribution in [0.15, 0.2) is 23.3 Å². The second kappa shape index (κ2) is 4.58. The van der Waals surface area contributed by atoms with Crippen LogP contribution in [-0.4, -0.2) is 24.4 Å². The first kappa shape index (κ1) is 14.5. The molecule has 2 nitrogen and oxygen atoms in total. The van der Waals surface area contributed by atoms with E-state index < -0.39 is 47.7 Å². The Morgan fingerprint density at radius 3 is 1.89 bits per heavy atom. The summed E-state index contributed by atoms with van der Waals surface area (Å²) in [5, 5.41) is 0. The highest BCUT2D eigenvalue weighted by molar-refractivity contribution is 5.76. The van der Waals surface area contributed by atoms with Crippen LogP contribution in [0.4, 0.5) is 35.1 Å². The monoisotopic (exact) mass is 282 g/mol. The molecule has 0 aromatic rings. The molecule has 2 unspecified atom stereocenters. The lowest BCUT2D eigenvalue weighted by atomic mass is 10.1. The van der Waals surface area contributed by atoms with Crippen molar-refractivity contribution in [3.8, 4) is 0 Å². The van der Waals surface area contributed by atoms with Crippen LogP contribution >= 0.6 is 0 Å². The van der Waals surface area contributed by atoms with E-state index in [1.807, 2.05) is 0 Å². The molecule has 0 bridgehead atoms. The number of ether oxygens (including phenoxy) is 1. The maximum absolute atomic E-state index is 12.9. The van der Waals surface area contributed by atoms with E-state index in [4.69, 9.17) is 0 Å². The molecule has 18 heavy (non-hydrogen) atoms. The van der Waals surface area contributed by atoms with Gasteiger partial charge in [-0.25, -0.2) is 26.7 Å². The van der Waals surface area contributed by atoms with Crippen molar-refractivity contribution >= 4 is 5.97 Å². The molecule has 0 amide bonds. The van der Waals surface area contributed by atoms with E-state index in [1.165, 1.54) is 0 Å². The summed E-state index contributed by atoms with van der Waals surface area (Å²) in [6.45, 7) is 0. The van der Waals surface area contributed by atoms with Gasteiger partial charge in [0, 0.05) is 0 Å². The Kier molecular flexibility index (Phi) is 3.67. The summed E-state index contributed by atoms with van der Waals surface area (Å²) in [5.41, 5.74) is 0. The topological polar surface area (TPSA) is 26.3 Å². The van der Waals surface area contributed by atoms with Crippen molar-refractivity contribution in [2.24, 2.45) is 0 Å². The van der Waals surface area contributed by atoms with Gasteiger partial charge in [0.1, 0.15) is 0 Å². The van der Waals surface area contributed by atoms with Gasteiger partial charge in [0.25, 0.3) is 0 Å². The Morgan fingerprint density at radius 1 is 1.00 bits per heavy atom. The molecule has 102 valence electrons. The molecule has 1 rings (SSSR count). The summed E-state index contributed by atoms with van der Waals surface area (Å²) >= 11 is 0. The van der Waals surface area contributed by atoms with E-state index in [0.29, 0.717) is 0 Å². The normalized spacial score (nSPS) is 25.6. The van der Waals surface area contributed by atoms with Crippen LogP contribution in [-0.2, 0) is 9.53 Å². The highest BCUT2D eigenvalue weighted by Crippen LogP contribution is 2.37. The molecule has 0 heterocycles. The minimum atomic E-state index is -5.62. The quantitative estimate of drug-likeness (QED) is 0.545. The molecule has 0 saturated carbocycles. The zero-order valence-electron chi connectivity index (χ0n) is 7.99. The lowest BCUT2D eigenvalue weighted by Gasteiger charge is -2.23. The molecule has 0 radical (unpaired) electrons. The number of hydrogen-bond donors (Lipinski definition) is 0. The molecule has 0 N–H and O–H groups in total. The summed E-state index contributed by atoms with van der Waals surface area (Å²) < 4.78 is 102. The van der Waals surface area contributed by atoms with Gasteiger partial charge in [-0.2, -0.15) is 13.2 Å². The second-order valence-corrected chi connectivity index (χ2v) is 3.05. The number of carbonyl (C=O) groups excluding carboxylic acids is 1. The molecule has 1 aliphatic carbocycles. The minimum Gasteiger partial charge on any atom is -0.445 e. The second-order valence-electron chi connectivity index (χ2n) is 3.05. The maximum Gasteiger partial charge on any atom is 0.490 e. The van der Waals surface area contributed by atoms with E-state index in [1.54, 1.807) is 0 Å². The highest BCUT2D eigenvalue weighted by Gasteiger charge is 2.48. The Morgan fingerprint density at radius 2 is 1.44 bits per heavy atom. The molecule has 0 aliphatic heterocycles. The van der Waals surface area contributed by atoms with E-state index in [9.17, 15) is 39.9 Å². The zero-order valence-corrected chi connectivity index (χ0v) is 7.99. The van der Waals surface area contributed by atoms with E-state index in [0.717, 1.165) is 0 Å². The van der Waals surface area contributed by atoms with Crippen LogP contribution in [0.2, 0.25) is 0 Å². The van der Waals surface area contributed by atoms with E-state index in [-0.39, 0.29) is 0 Å². The molecule has 10 heteroatoms. The zero-order chi connectivity index (χ0) is 14.2. The van der Waals surface area contributed by atoms with Gasteiger partial charge in [-0.15, -0.1) is 0 Å². The molecule has 0 aromatic heterocycles. The number of halogens is 8. The third-order valence-corrected chi connectivity index (χ3v) is 1.84. The Labute approximate surface area is 93.5 Å². The van der Waals surface area contributed by atoms with Crippen LogP contribution in [0.3, 0.4) is 0 Å². The lowest BCUT2D eigenvalue weighted by Crippen LogP contribution is -2.37. The maximum atomic E-state index is 12.9. The molecular weight excluding hydrogens is 280 g/mol. The third-order valence-electron chi connectivity index (χ3n) is 1.84. The summed E-state index contributed by atoms with van der Waals surface area (Å²) in [6.07, 6.45) is -12.2. The Bertz CT molecular complexity index is 435. The van der Waals surface area contributed by atoms with Crippen molar-refractivity contribution in [1.29, 1.82) is 0 Å². The fourth-order valence-corrected chi connectivity index (χ4v) is 1.01.